The molecule has 0 N–H and O–H groups in total. The second-order valence-electron chi connectivity index (χ2n) is 9.97. The molecule has 4 atom stereocenters. The Hall–Kier alpha value is -3.30. The second-order valence-corrected chi connectivity index (χ2v) is 9.97. The minimum Gasteiger partial charge on any atom is -0.357 e. The average molecular weight is 524 g/mol. The Bertz CT molecular complexity index is 1050. The summed E-state index contributed by atoms with van der Waals surface area (Å²) in [6, 6.07) is 9.99. The Morgan fingerprint density at radius 2 is 1.58 bits per heavy atom. The highest BCUT2D eigenvalue weighted by atomic mass is 16.5. The van der Waals surface area contributed by atoms with Crippen molar-refractivity contribution < 1.29 is 28.7 Å². The highest BCUT2D eigenvalue weighted by Crippen LogP contribution is 2.28. The van der Waals surface area contributed by atoms with Crippen LogP contribution in [0.15, 0.2) is 48.6 Å². The van der Waals surface area contributed by atoms with Crippen molar-refractivity contribution in [2.75, 3.05) is 26.2 Å². The summed E-state index contributed by atoms with van der Waals surface area (Å²) < 4.78 is 12.3. The van der Waals surface area contributed by atoms with E-state index in [1.165, 1.54) is 12.2 Å². The van der Waals surface area contributed by atoms with E-state index in [0.717, 1.165) is 23.3 Å². The molecular weight excluding hydrogens is 486 g/mol. The topological polar surface area (TPSA) is 96.5 Å². The molecule has 4 unspecified atom stereocenters. The lowest BCUT2D eigenvalue weighted by Crippen LogP contribution is -2.42. The van der Waals surface area contributed by atoms with Crippen LogP contribution in [0.1, 0.15) is 51.5 Å². The Morgan fingerprint density at radius 3 is 2.26 bits per heavy atom. The van der Waals surface area contributed by atoms with Crippen LogP contribution in [0.4, 0.5) is 0 Å². The second kappa shape index (κ2) is 13.0. The number of imide groups is 1. The number of carbonyl (C=O) groups excluding carboxylic acids is 4. The van der Waals surface area contributed by atoms with Crippen molar-refractivity contribution in [2.24, 2.45) is 5.92 Å². The van der Waals surface area contributed by atoms with Crippen LogP contribution in [0.5, 0.6) is 0 Å². The number of amides is 4. The first kappa shape index (κ1) is 27.7. The largest absolute Gasteiger partial charge is 0.357 e. The summed E-state index contributed by atoms with van der Waals surface area (Å²) in [7, 11) is 0. The number of carbonyl (C=O) groups is 4. The van der Waals surface area contributed by atoms with Gasteiger partial charge in [-0.25, -0.2) is 0 Å². The lowest BCUT2D eigenvalue weighted by Gasteiger charge is -2.32. The van der Waals surface area contributed by atoms with Crippen molar-refractivity contribution >= 4 is 29.7 Å². The third kappa shape index (κ3) is 6.96. The van der Waals surface area contributed by atoms with E-state index in [2.05, 4.69) is 6.08 Å². The van der Waals surface area contributed by atoms with Gasteiger partial charge < -0.3 is 19.3 Å². The van der Waals surface area contributed by atoms with Crippen molar-refractivity contribution in [1.82, 2.24) is 14.7 Å². The Kier molecular flexibility index (Phi) is 9.47. The molecule has 3 heterocycles. The molecule has 0 radical (unpaired) electrons. The van der Waals surface area contributed by atoms with Crippen molar-refractivity contribution in [1.29, 1.82) is 0 Å². The molecule has 0 saturated carbocycles. The Morgan fingerprint density at radius 1 is 0.895 bits per heavy atom. The molecule has 1 aromatic carbocycles. The zero-order valence-corrected chi connectivity index (χ0v) is 22.2. The van der Waals surface area contributed by atoms with E-state index in [4.69, 9.17) is 9.47 Å². The van der Waals surface area contributed by atoms with Gasteiger partial charge in [0.2, 0.25) is 11.8 Å². The molecule has 9 nitrogen and oxygen atoms in total. The van der Waals surface area contributed by atoms with Gasteiger partial charge in [-0.05, 0) is 44.6 Å². The number of hydrogen-bond donors (Lipinski definition) is 0. The van der Waals surface area contributed by atoms with Gasteiger partial charge in [0, 0.05) is 38.1 Å². The molecule has 38 heavy (non-hydrogen) atoms. The van der Waals surface area contributed by atoms with Gasteiger partial charge in [-0.3, -0.25) is 24.1 Å². The highest BCUT2D eigenvalue weighted by molar-refractivity contribution is 6.12. The average Bonchev–Trinajstić information content (AvgIpc) is 3.42. The van der Waals surface area contributed by atoms with E-state index < -0.39 is 6.23 Å². The number of likely N-dealkylation sites (tertiary alicyclic amines) is 2. The molecule has 0 aliphatic carbocycles. The smallest absolute Gasteiger partial charge is 0.253 e. The zero-order chi connectivity index (χ0) is 27.1. The monoisotopic (exact) mass is 523 g/mol. The Balaban J connectivity index is 1.38. The van der Waals surface area contributed by atoms with Crippen LogP contribution < -0.4 is 0 Å². The Labute approximate surface area is 224 Å². The van der Waals surface area contributed by atoms with Gasteiger partial charge >= 0.3 is 0 Å². The van der Waals surface area contributed by atoms with Gasteiger partial charge in [-0.15, -0.1) is 0 Å². The number of benzene rings is 1. The molecule has 3 aliphatic heterocycles. The highest BCUT2D eigenvalue weighted by Gasteiger charge is 2.33. The molecule has 2 fully saturated rings. The zero-order valence-electron chi connectivity index (χ0n) is 22.2. The van der Waals surface area contributed by atoms with E-state index in [-0.39, 0.29) is 55.0 Å². The molecule has 204 valence electrons. The summed E-state index contributed by atoms with van der Waals surface area (Å²) in [5, 5.41) is 0. The molecular formula is C29H37N3O6. The van der Waals surface area contributed by atoms with Crippen LogP contribution in [0, 0.1) is 5.92 Å². The minimum absolute atomic E-state index is 0.00329. The van der Waals surface area contributed by atoms with Gasteiger partial charge in [0.1, 0.15) is 12.5 Å². The fraction of sp³-hybridized carbons (Fsp3) is 0.517. The molecule has 0 aromatic heterocycles. The number of hydrogen-bond acceptors (Lipinski definition) is 6. The van der Waals surface area contributed by atoms with Crippen molar-refractivity contribution in [3.63, 3.8) is 0 Å². The quantitative estimate of drug-likeness (QED) is 0.414. The summed E-state index contributed by atoms with van der Waals surface area (Å²) in [5.74, 6) is -0.492. The van der Waals surface area contributed by atoms with Crippen molar-refractivity contribution in [3.05, 3.63) is 54.1 Å². The summed E-state index contributed by atoms with van der Waals surface area (Å²) in [4.78, 5) is 53.4. The van der Waals surface area contributed by atoms with E-state index >= 15 is 0 Å². The van der Waals surface area contributed by atoms with Gasteiger partial charge in [0.05, 0.1) is 19.3 Å². The fourth-order valence-electron chi connectivity index (χ4n) is 5.23. The molecule has 0 spiro atoms. The third-order valence-electron chi connectivity index (χ3n) is 7.45. The van der Waals surface area contributed by atoms with Crippen LogP contribution in [-0.4, -0.2) is 83.1 Å². The maximum Gasteiger partial charge on any atom is 0.253 e. The number of ether oxygens (including phenoxy) is 2. The van der Waals surface area contributed by atoms with Crippen LogP contribution >= 0.6 is 0 Å². The lowest BCUT2D eigenvalue weighted by atomic mass is 9.93. The van der Waals surface area contributed by atoms with Crippen LogP contribution in [0.25, 0.3) is 6.08 Å². The lowest BCUT2D eigenvalue weighted by molar-refractivity contribution is -0.147. The molecule has 1 aromatic rings. The first-order valence-electron chi connectivity index (χ1n) is 13.5. The first-order valence-corrected chi connectivity index (χ1v) is 13.5. The summed E-state index contributed by atoms with van der Waals surface area (Å²) in [6.07, 6.45) is 8.63. The number of rotatable bonds is 11. The normalized spacial score (nSPS) is 23.0. The van der Waals surface area contributed by atoms with Gasteiger partial charge in [0.15, 0.2) is 0 Å². The van der Waals surface area contributed by atoms with Gasteiger partial charge in [-0.1, -0.05) is 42.5 Å². The van der Waals surface area contributed by atoms with Gasteiger partial charge in [-0.2, -0.15) is 0 Å². The number of nitrogens with zero attached hydrogens (tertiary/aromatic N) is 3. The summed E-state index contributed by atoms with van der Waals surface area (Å²) >= 11 is 0. The maximum atomic E-state index is 13.0. The third-order valence-corrected chi connectivity index (χ3v) is 7.45. The van der Waals surface area contributed by atoms with Crippen LogP contribution in [0.3, 0.4) is 0 Å². The predicted octanol–water partition coefficient (Wildman–Crippen LogP) is 2.97. The first-order chi connectivity index (χ1) is 18.3. The molecule has 9 heteroatoms. The van der Waals surface area contributed by atoms with E-state index in [1.54, 1.807) is 9.80 Å². The molecule has 0 bridgehead atoms. The van der Waals surface area contributed by atoms with Gasteiger partial charge in [0.25, 0.3) is 11.8 Å². The summed E-state index contributed by atoms with van der Waals surface area (Å²) in [5.41, 5.74) is 1.06. The molecule has 4 amide bonds. The molecule has 3 aliphatic rings. The SMILES string of the molecule is CC(OCCN1C(=O)C=CC1=O)N1CCC(C(/C=C/c2ccccc2)OC(C)N2CCCC2=O)CCC1=O. The van der Waals surface area contributed by atoms with E-state index in [1.807, 2.05) is 50.3 Å². The standard InChI is InChI=1S/C29H37N3O6/c1-21(37-20-19-32-28(35)14-15-29(32)36)31-18-16-24(11-13-27(31)34)25(12-10-23-7-4-3-5-8-23)38-22(2)30-17-6-9-26(30)33/h3-5,7-8,10,12,14-15,21-22,24-25H,6,9,11,13,16-20H2,1-2H3/b12-10+. The summed E-state index contributed by atoms with van der Waals surface area (Å²) in [6.45, 7) is 5.24. The predicted molar refractivity (Wildman–Crippen MR) is 141 cm³/mol. The van der Waals surface area contributed by atoms with Crippen LogP contribution in [-0.2, 0) is 28.7 Å². The van der Waals surface area contributed by atoms with Crippen LogP contribution in [0.2, 0.25) is 0 Å². The van der Waals surface area contributed by atoms with E-state index in [0.29, 0.717) is 32.4 Å². The van der Waals surface area contributed by atoms with Crippen molar-refractivity contribution in [3.8, 4) is 0 Å². The maximum absolute atomic E-state index is 13.0. The molecule has 2 saturated heterocycles. The minimum atomic E-state index is -0.484. The van der Waals surface area contributed by atoms with Crippen molar-refractivity contribution in [2.45, 2.75) is 64.5 Å². The molecule has 4 rings (SSSR count). The fourth-order valence-corrected chi connectivity index (χ4v) is 5.23. The van der Waals surface area contributed by atoms with E-state index in [9.17, 15) is 19.2 Å².